The predicted molar refractivity (Wildman–Crippen MR) is 124 cm³/mol. The van der Waals surface area contributed by atoms with Crippen LogP contribution in [0.5, 0.6) is 0 Å². The maximum Gasteiger partial charge on any atom is 0.414 e. The summed E-state index contributed by atoms with van der Waals surface area (Å²) in [6, 6.07) is 13.2. The Hall–Kier alpha value is -2.64. The molecule has 9 heteroatoms. The third kappa shape index (κ3) is 6.24. The van der Waals surface area contributed by atoms with Crippen LogP contribution in [0.2, 0.25) is 0 Å². The van der Waals surface area contributed by atoms with Crippen molar-refractivity contribution >= 4 is 19.5 Å². The van der Waals surface area contributed by atoms with Gasteiger partial charge in [-0.2, -0.15) is 13.9 Å². The minimum Gasteiger partial charge on any atom is -0.356 e. The lowest BCUT2D eigenvalue weighted by atomic mass is 10.1. The Morgan fingerprint density at radius 3 is 2.45 bits per heavy atom. The molecule has 2 unspecified atom stereocenters. The van der Waals surface area contributed by atoms with Crippen molar-refractivity contribution in [3.8, 4) is 11.3 Å². The monoisotopic (exact) mass is 473 g/mol. The van der Waals surface area contributed by atoms with Gasteiger partial charge in [-0.15, -0.1) is 0 Å². The van der Waals surface area contributed by atoms with E-state index in [4.69, 9.17) is 13.6 Å². The molecule has 1 saturated heterocycles. The molecule has 4 rings (SSSR count). The van der Waals surface area contributed by atoms with Crippen LogP contribution < -0.4 is 5.32 Å². The first-order valence-corrected chi connectivity index (χ1v) is 12.6. The van der Waals surface area contributed by atoms with E-state index in [0.717, 1.165) is 17.5 Å². The zero-order chi connectivity index (χ0) is 23.4. The van der Waals surface area contributed by atoms with Gasteiger partial charge >= 0.3 is 7.94 Å². The third-order valence-corrected chi connectivity index (χ3v) is 7.49. The Morgan fingerprint density at radius 2 is 1.79 bits per heavy atom. The normalized spacial score (nSPS) is 22.8. The Balaban J connectivity index is 1.31. The number of nitrogens with one attached hydrogen (secondary N) is 1. The highest BCUT2D eigenvalue weighted by Gasteiger charge is 2.48. The number of carbonyl (C=O) groups is 1. The minimum atomic E-state index is -2.93. The van der Waals surface area contributed by atoms with Gasteiger partial charge in [0.1, 0.15) is 18.0 Å². The molecule has 3 aromatic rings. The van der Waals surface area contributed by atoms with Crippen LogP contribution >= 0.6 is 7.94 Å². The third-order valence-electron chi connectivity index (χ3n) is 5.35. The fraction of sp³-hybridized carbons (Fsp3) is 0.333. The van der Waals surface area contributed by atoms with E-state index in [2.05, 4.69) is 10.5 Å². The highest BCUT2D eigenvalue weighted by molar-refractivity contribution is 7.59. The SMILES string of the molecule is CC1CC(C)O[P+](O)(Cc2ccc(NC(=O)CCc3cnoc3-c3ccc(F)cc3)cc2)O1. The van der Waals surface area contributed by atoms with Gasteiger partial charge in [0.15, 0.2) is 11.9 Å². The van der Waals surface area contributed by atoms with Gasteiger partial charge in [-0.1, -0.05) is 17.3 Å². The Bertz CT molecular complexity index is 1080. The second-order valence-corrected chi connectivity index (χ2v) is 10.3. The topological polar surface area (TPSA) is 93.8 Å². The molecule has 7 nitrogen and oxygen atoms in total. The van der Waals surface area contributed by atoms with Crippen LogP contribution in [0, 0.1) is 5.82 Å². The second-order valence-electron chi connectivity index (χ2n) is 8.30. The Morgan fingerprint density at radius 1 is 1.12 bits per heavy atom. The van der Waals surface area contributed by atoms with Crippen molar-refractivity contribution in [1.29, 1.82) is 0 Å². The van der Waals surface area contributed by atoms with Gasteiger partial charge in [0.05, 0.1) is 6.20 Å². The molecule has 0 radical (unpaired) electrons. The maximum absolute atomic E-state index is 13.2. The molecule has 2 heterocycles. The summed E-state index contributed by atoms with van der Waals surface area (Å²) in [7, 11) is -2.93. The van der Waals surface area contributed by atoms with E-state index >= 15 is 0 Å². The Labute approximate surface area is 192 Å². The van der Waals surface area contributed by atoms with Gasteiger partial charge in [0, 0.05) is 29.7 Å². The lowest BCUT2D eigenvalue weighted by Gasteiger charge is -2.29. The van der Waals surface area contributed by atoms with Crippen molar-refractivity contribution in [2.75, 3.05) is 5.32 Å². The van der Waals surface area contributed by atoms with Crippen molar-refractivity contribution in [3.05, 3.63) is 71.7 Å². The van der Waals surface area contributed by atoms with Gasteiger partial charge in [-0.25, -0.2) is 4.39 Å². The molecule has 0 spiro atoms. The van der Waals surface area contributed by atoms with Crippen LogP contribution in [0.15, 0.2) is 59.3 Å². The summed E-state index contributed by atoms with van der Waals surface area (Å²) in [5.41, 5.74) is 3.02. The van der Waals surface area contributed by atoms with Gasteiger partial charge in [0.25, 0.3) is 0 Å². The number of nitrogens with zero attached hydrogens (tertiary/aromatic N) is 1. The molecule has 1 fully saturated rings. The van der Waals surface area contributed by atoms with Gasteiger partial charge in [-0.05, 0) is 62.2 Å². The van der Waals surface area contributed by atoms with E-state index in [0.29, 0.717) is 29.6 Å². The first-order chi connectivity index (χ1) is 15.8. The molecule has 1 aliphatic heterocycles. The summed E-state index contributed by atoms with van der Waals surface area (Å²) in [6.07, 6.45) is 3.22. The predicted octanol–water partition coefficient (Wildman–Crippen LogP) is 5.52. The van der Waals surface area contributed by atoms with Crippen LogP contribution in [-0.4, -0.2) is 28.2 Å². The lowest BCUT2D eigenvalue weighted by molar-refractivity contribution is -0.116. The fourth-order valence-corrected chi connectivity index (χ4v) is 6.06. The van der Waals surface area contributed by atoms with E-state index in [9.17, 15) is 14.1 Å². The molecule has 1 aromatic heterocycles. The van der Waals surface area contributed by atoms with Crippen LogP contribution in [0.25, 0.3) is 11.3 Å². The van der Waals surface area contributed by atoms with Crippen molar-refractivity contribution in [3.63, 3.8) is 0 Å². The summed E-state index contributed by atoms with van der Waals surface area (Å²) in [5, 5.41) is 6.69. The number of hydrogen-bond acceptors (Lipinski definition) is 6. The van der Waals surface area contributed by atoms with Crippen molar-refractivity contribution < 1.29 is 27.6 Å². The average Bonchev–Trinajstić information content (AvgIpc) is 3.22. The Kier molecular flexibility index (Phi) is 7.20. The number of hydrogen-bond donors (Lipinski definition) is 2. The fourth-order valence-electron chi connectivity index (χ4n) is 3.89. The standard InChI is InChI=1S/C24H26FN2O5P/c1-16-13-17(2)32-33(29,31-16)15-18-3-10-22(11-4-18)27-23(28)12-7-20-14-26-30-24(20)19-5-8-21(25)9-6-19/h3-6,8-11,14,16-17,29H,7,12-13,15H2,1-2H3/p+1. The lowest BCUT2D eigenvalue weighted by Crippen LogP contribution is -2.27. The summed E-state index contributed by atoms with van der Waals surface area (Å²) in [4.78, 5) is 23.2. The van der Waals surface area contributed by atoms with Crippen LogP contribution in [-0.2, 0) is 26.4 Å². The second kappa shape index (κ2) is 10.1. The minimum absolute atomic E-state index is 0.0420. The number of halogens is 1. The van der Waals surface area contributed by atoms with Crippen molar-refractivity contribution in [1.82, 2.24) is 5.16 Å². The first-order valence-electron chi connectivity index (χ1n) is 10.9. The molecular formula is C24H27FN2O5P+. The summed E-state index contributed by atoms with van der Waals surface area (Å²) in [5.74, 6) is 0.0510. The number of aryl methyl sites for hydroxylation is 1. The molecule has 2 aromatic carbocycles. The number of benzene rings is 2. The number of rotatable bonds is 7. The van der Waals surface area contributed by atoms with Crippen LogP contribution in [0.1, 0.15) is 37.8 Å². The number of carbonyl (C=O) groups excluding carboxylic acids is 1. The quantitative estimate of drug-likeness (QED) is 0.439. The summed E-state index contributed by atoms with van der Waals surface area (Å²) < 4.78 is 29.9. The first kappa shape index (κ1) is 23.5. The molecular weight excluding hydrogens is 446 g/mol. The van der Waals surface area contributed by atoms with Crippen molar-refractivity contribution in [2.24, 2.45) is 0 Å². The molecule has 174 valence electrons. The maximum atomic E-state index is 13.2. The number of aromatic nitrogens is 1. The van der Waals surface area contributed by atoms with E-state index in [-0.39, 0.29) is 30.4 Å². The van der Waals surface area contributed by atoms with Gasteiger partial charge in [0.2, 0.25) is 5.91 Å². The van der Waals surface area contributed by atoms with Crippen molar-refractivity contribution in [2.45, 2.75) is 51.5 Å². The van der Waals surface area contributed by atoms with E-state index in [1.807, 2.05) is 26.0 Å². The highest BCUT2D eigenvalue weighted by atomic mass is 31.2. The largest absolute Gasteiger partial charge is 0.414 e. The molecule has 0 saturated carbocycles. The molecule has 0 aliphatic carbocycles. The molecule has 1 amide bonds. The van der Waals surface area contributed by atoms with Crippen LogP contribution in [0.3, 0.4) is 0 Å². The number of anilines is 1. The molecule has 1 aliphatic rings. The molecule has 2 N–H and O–H groups in total. The highest BCUT2D eigenvalue weighted by Crippen LogP contribution is 2.64. The van der Waals surface area contributed by atoms with Crippen LogP contribution in [0.4, 0.5) is 10.1 Å². The summed E-state index contributed by atoms with van der Waals surface area (Å²) >= 11 is 0. The van der Waals surface area contributed by atoms with Gasteiger partial charge in [-0.3, -0.25) is 4.79 Å². The van der Waals surface area contributed by atoms with E-state index in [1.54, 1.807) is 30.5 Å². The summed E-state index contributed by atoms with van der Waals surface area (Å²) in [6.45, 7) is 3.87. The van der Waals surface area contributed by atoms with Gasteiger partial charge < -0.3 is 9.84 Å². The smallest absolute Gasteiger partial charge is 0.356 e. The zero-order valence-electron chi connectivity index (χ0n) is 18.5. The zero-order valence-corrected chi connectivity index (χ0v) is 19.4. The molecule has 33 heavy (non-hydrogen) atoms. The molecule has 0 bridgehead atoms. The average molecular weight is 473 g/mol. The van der Waals surface area contributed by atoms with E-state index < -0.39 is 7.94 Å². The number of amides is 1. The molecule has 2 atom stereocenters. The van der Waals surface area contributed by atoms with E-state index in [1.165, 1.54) is 12.1 Å².